The van der Waals surface area contributed by atoms with Gasteiger partial charge < -0.3 is 15.5 Å². The fourth-order valence-electron chi connectivity index (χ4n) is 4.13. The summed E-state index contributed by atoms with van der Waals surface area (Å²) in [7, 11) is 0. The SMILES string of the molecule is C=CN=C(/C=C(\C)NC1CC1)N(CCCn1nc(-c2ccc(F)cc2)nc1-c1ccc(F)cc1)CCNC=O. The third kappa shape index (κ3) is 8.07. The number of benzene rings is 2. The predicted molar refractivity (Wildman–Crippen MR) is 149 cm³/mol. The Bertz CT molecular complexity index is 1310. The van der Waals surface area contributed by atoms with Crippen LogP contribution in [0.25, 0.3) is 22.8 Å². The number of aryl methyl sites for hydroxylation is 1. The molecule has 0 atom stereocenters. The molecule has 0 spiro atoms. The maximum Gasteiger partial charge on any atom is 0.207 e. The molecule has 1 amide bonds. The molecule has 204 valence electrons. The molecule has 4 rings (SSSR count). The van der Waals surface area contributed by atoms with Gasteiger partial charge in [-0.25, -0.2) is 23.4 Å². The number of halogens is 2. The maximum absolute atomic E-state index is 13.6. The first-order chi connectivity index (χ1) is 19.0. The van der Waals surface area contributed by atoms with E-state index in [4.69, 9.17) is 10.1 Å². The van der Waals surface area contributed by atoms with Gasteiger partial charge in [0, 0.05) is 55.2 Å². The Morgan fingerprint density at radius 1 is 1.10 bits per heavy atom. The van der Waals surface area contributed by atoms with E-state index in [1.807, 2.05) is 13.0 Å². The Labute approximate surface area is 227 Å². The summed E-state index contributed by atoms with van der Waals surface area (Å²) in [6.07, 6.45) is 7.20. The van der Waals surface area contributed by atoms with Crippen molar-refractivity contribution in [2.45, 2.75) is 38.8 Å². The molecule has 1 heterocycles. The van der Waals surface area contributed by atoms with Gasteiger partial charge in [-0.3, -0.25) is 4.79 Å². The first-order valence-corrected chi connectivity index (χ1v) is 13.0. The number of carbonyl (C=O) groups is 1. The molecule has 2 aromatic carbocycles. The number of amides is 1. The van der Waals surface area contributed by atoms with Crippen LogP contribution in [0.4, 0.5) is 8.78 Å². The van der Waals surface area contributed by atoms with E-state index in [-0.39, 0.29) is 11.6 Å². The number of hydrogen-bond donors (Lipinski definition) is 2. The number of amidine groups is 1. The van der Waals surface area contributed by atoms with Gasteiger partial charge in [-0.1, -0.05) is 6.58 Å². The average Bonchev–Trinajstić information content (AvgIpc) is 3.64. The van der Waals surface area contributed by atoms with Crippen LogP contribution in [0.1, 0.15) is 26.2 Å². The normalized spacial score (nSPS) is 13.7. The monoisotopic (exact) mass is 533 g/mol. The fourth-order valence-corrected chi connectivity index (χ4v) is 4.13. The molecule has 3 aromatic rings. The van der Waals surface area contributed by atoms with Gasteiger partial charge in [0.25, 0.3) is 0 Å². The van der Waals surface area contributed by atoms with Crippen molar-refractivity contribution in [1.29, 1.82) is 0 Å². The molecule has 1 saturated carbocycles. The third-order valence-electron chi connectivity index (χ3n) is 6.19. The van der Waals surface area contributed by atoms with Crippen LogP contribution in [0.3, 0.4) is 0 Å². The van der Waals surface area contributed by atoms with Crippen molar-refractivity contribution in [3.63, 3.8) is 0 Å². The number of aliphatic imine (C=N–C) groups is 1. The van der Waals surface area contributed by atoms with Crippen molar-refractivity contribution >= 4 is 12.2 Å². The van der Waals surface area contributed by atoms with Gasteiger partial charge in [0.05, 0.1) is 0 Å². The Balaban J connectivity index is 1.54. The Kier molecular flexibility index (Phi) is 9.55. The zero-order valence-electron chi connectivity index (χ0n) is 22.0. The van der Waals surface area contributed by atoms with E-state index in [1.165, 1.54) is 43.3 Å². The minimum absolute atomic E-state index is 0.336. The first kappa shape index (κ1) is 27.7. The molecule has 10 heteroatoms. The van der Waals surface area contributed by atoms with E-state index in [0.29, 0.717) is 62.3 Å². The van der Waals surface area contributed by atoms with E-state index in [9.17, 15) is 13.6 Å². The van der Waals surface area contributed by atoms with Crippen molar-refractivity contribution < 1.29 is 13.6 Å². The zero-order chi connectivity index (χ0) is 27.6. The van der Waals surface area contributed by atoms with E-state index < -0.39 is 0 Å². The van der Waals surface area contributed by atoms with Crippen LogP contribution in [0.2, 0.25) is 0 Å². The lowest BCUT2D eigenvalue weighted by atomic mass is 10.2. The number of rotatable bonds is 14. The highest BCUT2D eigenvalue weighted by Crippen LogP contribution is 2.24. The van der Waals surface area contributed by atoms with Crippen molar-refractivity contribution in [2.24, 2.45) is 4.99 Å². The molecular formula is C29H33F2N7O. The van der Waals surface area contributed by atoms with Crippen molar-refractivity contribution in [3.8, 4) is 22.8 Å². The summed E-state index contributed by atoms with van der Waals surface area (Å²) in [4.78, 5) is 22.1. The summed E-state index contributed by atoms with van der Waals surface area (Å²) in [6, 6.07) is 12.6. The maximum atomic E-state index is 13.6. The minimum atomic E-state index is -0.338. The van der Waals surface area contributed by atoms with Crippen molar-refractivity contribution in [1.82, 2.24) is 30.3 Å². The molecular weight excluding hydrogens is 500 g/mol. The van der Waals surface area contributed by atoms with Gasteiger partial charge >= 0.3 is 0 Å². The van der Waals surface area contributed by atoms with E-state index in [1.54, 1.807) is 28.9 Å². The number of carbonyl (C=O) groups excluding carboxylic acids is 1. The van der Waals surface area contributed by atoms with Crippen LogP contribution in [0.5, 0.6) is 0 Å². The summed E-state index contributed by atoms with van der Waals surface area (Å²) in [5.74, 6) is 1.12. The number of allylic oxidation sites excluding steroid dienone is 1. The summed E-state index contributed by atoms with van der Waals surface area (Å²) in [5.41, 5.74) is 2.43. The van der Waals surface area contributed by atoms with Crippen LogP contribution in [0, 0.1) is 11.6 Å². The Hall–Kier alpha value is -4.34. The molecule has 0 unspecified atom stereocenters. The molecule has 1 aliphatic carbocycles. The second-order valence-corrected chi connectivity index (χ2v) is 9.32. The zero-order valence-corrected chi connectivity index (χ0v) is 22.0. The average molecular weight is 534 g/mol. The van der Waals surface area contributed by atoms with Crippen LogP contribution in [-0.4, -0.2) is 57.6 Å². The lowest BCUT2D eigenvalue weighted by Crippen LogP contribution is -2.37. The van der Waals surface area contributed by atoms with Gasteiger partial charge in [0.1, 0.15) is 17.5 Å². The minimum Gasteiger partial charge on any atom is -0.386 e. The summed E-state index contributed by atoms with van der Waals surface area (Å²) in [5, 5.41) is 10.9. The number of hydrogen-bond acceptors (Lipinski definition) is 5. The molecule has 0 bridgehead atoms. The Morgan fingerprint density at radius 3 is 2.38 bits per heavy atom. The predicted octanol–water partition coefficient (Wildman–Crippen LogP) is 4.53. The molecule has 0 aliphatic heterocycles. The quantitative estimate of drug-likeness (QED) is 0.138. The van der Waals surface area contributed by atoms with Gasteiger partial charge in [0.2, 0.25) is 6.41 Å². The third-order valence-corrected chi connectivity index (χ3v) is 6.19. The number of nitrogens with one attached hydrogen (secondary N) is 2. The molecule has 1 aliphatic rings. The topological polar surface area (TPSA) is 87.4 Å². The second kappa shape index (κ2) is 13.5. The molecule has 8 nitrogen and oxygen atoms in total. The van der Waals surface area contributed by atoms with Crippen molar-refractivity contribution in [2.75, 3.05) is 19.6 Å². The molecule has 1 aromatic heterocycles. The molecule has 0 saturated heterocycles. The largest absolute Gasteiger partial charge is 0.386 e. The van der Waals surface area contributed by atoms with Crippen LogP contribution >= 0.6 is 0 Å². The van der Waals surface area contributed by atoms with Crippen molar-refractivity contribution in [3.05, 3.63) is 84.7 Å². The van der Waals surface area contributed by atoms with Gasteiger partial charge in [-0.15, -0.1) is 0 Å². The molecule has 0 radical (unpaired) electrons. The van der Waals surface area contributed by atoms with E-state index >= 15 is 0 Å². The lowest BCUT2D eigenvalue weighted by molar-refractivity contribution is -0.109. The smallest absolute Gasteiger partial charge is 0.207 e. The highest BCUT2D eigenvalue weighted by atomic mass is 19.1. The molecule has 39 heavy (non-hydrogen) atoms. The van der Waals surface area contributed by atoms with Gasteiger partial charge in [0.15, 0.2) is 11.6 Å². The van der Waals surface area contributed by atoms with Crippen LogP contribution < -0.4 is 10.6 Å². The summed E-state index contributed by atoms with van der Waals surface area (Å²) in [6.45, 7) is 7.94. The molecule has 2 N–H and O–H groups in total. The second-order valence-electron chi connectivity index (χ2n) is 9.32. The van der Waals surface area contributed by atoms with Crippen LogP contribution in [0.15, 0.2) is 78.1 Å². The lowest BCUT2D eigenvalue weighted by Gasteiger charge is -2.25. The highest BCUT2D eigenvalue weighted by molar-refractivity contribution is 5.94. The van der Waals surface area contributed by atoms with E-state index in [0.717, 1.165) is 17.1 Å². The molecule has 1 fully saturated rings. The van der Waals surface area contributed by atoms with Gasteiger partial charge in [-0.2, -0.15) is 5.10 Å². The van der Waals surface area contributed by atoms with E-state index in [2.05, 4.69) is 27.1 Å². The first-order valence-electron chi connectivity index (χ1n) is 13.0. The summed E-state index contributed by atoms with van der Waals surface area (Å²) >= 11 is 0. The standard InChI is InChI=1S/C29H33F2N7O/c1-3-33-27(19-21(2)34-26-13-14-26)37(18-15-32-20-39)16-4-17-38-29(23-7-11-25(31)12-8-23)35-28(36-38)22-5-9-24(30)10-6-22/h3,5-12,19-20,26,34H,1,4,13-18H2,2H3,(H,32,39)/b21-19+,33-27?. The Morgan fingerprint density at radius 2 is 1.77 bits per heavy atom. The fraction of sp³-hybridized carbons (Fsp3) is 0.310. The highest BCUT2D eigenvalue weighted by Gasteiger charge is 2.21. The van der Waals surface area contributed by atoms with Crippen LogP contribution in [-0.2, 0) is 11.3 Å². The summed E-state index contributed by atoms with van der Waals surface area (Å²) < 4.78 is 28.9. The number of nitrogens with zero attached hydrogens (tertiary/aromatic N) is 5. The number of aromatic nitrogens is 3. The van der Waals surface area contributed by atoms with Gasteiger partial charge in [-0.05, 0) is 80.8 Å².